The van der Waals surface area contributed by atoms with Crippen LogP contribution in [0.25, 0.3) is 0 Å². The molecule has 1 amide bonds. The lowest BCUT2D eigenvalue weighted by Gasteiger charge is -2.21. The molecule has 0 spiro atoms. The van der Waals surface area contributed by atoms with Gasteiger partial charge in [0.25, 0.3) is 0 Å². The monoisotopic (exact) mass is 271 g/mol. The SMILES string of the molecule is CC(C)(C)OC(=O)N[C@H](Cc1cccs1)C(=O)O. The minimum absolute atomic E-state index is 0.256. The number of aliphatic carboxylic acids is 1. The van der Waals surface area contributed by atoms with E-state index in [0.717, 1.165) is 4.88 Å². The third-order valence-electron chi connectivity index (χ3n) is 1.97. The van der Waals surface area contributed by atoms with E-state index in [-0.39, 0.29) is 6.42 Å². The standard InChI is InChI=1S/C12H17NO4S/c1-12(2,3)17-11(16)13-9(10(14)15)7-8-5-4-6-18-8/h4-6,9H,7H2,1-3H3,(H,13,16)(H,14,15)/t9-/m1/s1. The number of ether oxygens (including phenoxy) is 1. The highest BCUT2D eigenvalue weighted by Gasteiger charge is 2.24. The lowest BCUT2D eigenvalue weighted by atomic mass is 10.2. The number of hydrogen-bond donors (Lipinski definition) is 2. The van der Waals surface area contributed by atoms with E-state index in [2.05, 4.69) is 5.32 Å². The smallest absolute Gasteiger partial charge is 0.408 e. The van der Waals surface area contributed by atoms with Gasteiger partial charge in [-0.25, -0.2) is 9.59 Å². The second kappa shape index (κ2) is 5.86. The lowest BCUT2D eigenvalue weighted by Crippen LogP contribution is -2.44. The van der Waals surface area contributed by atoms with Crippen molar-refractivity contribution in [3.05, 3.63) is 22.4 Å². The van der Waals surface area contributed by atoms with E-state index < -0.39 is 23.7 Å². The Balaban J connectivity index is 2.58. The van der Waals surface area contributed by atoms with Gasteiger partial charge in [-0.1, -0.05) is 6.07 Å². The predicted octanol–water partition coefficient (Wildman–Crippen LogP) is 2.27. The average Bonchev–Trinajstić information content (AvgIpc) is 2.66. The number of alkyl carbamates (subject to hydrolysis) is 1. The number of rotatable bonds is 4. The summed E-state index contributed by atoms with van der Waals surface area (Å²) in [6.45, 7) is 5.17. The maximum Gasteiger partial charge on any atom is 0.408 e. The van der Waals surface area contributed by atoms with Crippen molar-refractivity contribution in [1.29, 1.82) is 0 Å². The third-order valence-corrected chi connectivity index (χ3v) is 2.87. The van der Waals surface area contributed by atoms with E-state index in [4.69, 9.17) is 9.84 Å². The van der Waals surface area contributed by atoms with Crippen LogP contribution in [0.5, 0.6) is 0 Å². The van der Waals surface area contributed by atoms with Crippen molar-refractivity contribution in [1.82, 2.24) is 5.32 Å². The van der Waals surface area contributed by atoms with Gasteiger partial charge in [0, 0.05) is 11.3 Å². The molecule has 0 aliphatic heterocycles. The van der Waals surface area contributed by atoms with Crippen LogP contribution in [0.2, 0.25) is 0 Å². The van der Waals surface area contributed by atoms with E-state index in [1.165, 1.54) is 11.3 Å². The molecular formula is C12H17NO4S. The van der Waals surface area contributed by atoms with Crippen molar-refractivity contribution in [2.75, 3.05) is 0 Å². The Morgan fingerprint density at radius 2 is 2.17 bits per heavy atom. The molecule has 0 aliphatic carbocycles. The molecule has 0 fully saturated rings. The van der Waals surface area contributed by atoms with E-state index in [0.29, 0.717) is 0 Å². The fourth-order valence-corrected chi connectivity index (χ4v) is 2.03. The van der Waals surface area contributed by atoms with E-state index in [1.54, 1.807) is 20.8 Å². The Hall–Kier alpha value is -1.56. The van der Waals surface area contributed by atoms with Crippen molar-refractivity contribution in [3.63, 3.8) is 0 Å². The first-order valence-electron chi connectivity index (χ1n) is 5.52. The molecule has 2 N–H and O–H groups in total. The minimum Gasteiger partial charge on any atom is -0.480 e. The van der Waals surface area contributed by atoms with Gasteiger partial charge in [0.15, 0.2) is 0 Å². The molecule has 1 aromatic rings. The zero-order valence-corrected chi connectivity index (χ0v) is 11.4. The maximum absolute atomic E-state index is 11.5. The van der Waals surface area contributed by atoms with Crippen LogP contribution < -0.4 is 5.32 Å². The van der Waals surface area contributed by atoms with Crippen LogP contribution in [0.1, 0.15) is 25.6 Å². The number of carboxylic acids is 1. The maximum atomic E-state index is 11.5. The summed E-state index contributed by atoms with van der Waals surface area (Å²) in [5.74, 6) is -1.07. The third kappa shape index (κ3) is 5.18. The molecule has 0 radical (unpaired) electrons. The van der Waals surface area contributed by atoms with Crippen LogP contribution in [-0.2, 0) is 16.0 Å². The Labute approximate surface area is 110 Å². The molecule has 0 unspecified atom stereocenters. The van der Waals surface area contributed by atoms with Gasteiger partial charge in [0.05, 0.1) is 0 Å². The Morgan fingerprint density at radius 3 is 2.61 bits per heavy atom. The minimum atomic E-state index is -1.07. The Morgan fingerprint density at radius 1 is 1.50 bits per heavy atom. The summed E-state index contributed by atoms with van der Waals surface area (Å²) in [6.07, 6.45) is -0.460. The summed E-state index contributed by atoms with van der Waals surface area (Å²) < 4.78 is 5.03. The number of amides is 1. The van der Waals surface area contributed by atoms with E-state index >= 15 is 0 Å². The number of carbonyl (C=O) groups excluding carboxylic acids is 1. The number of carbonyl (C=O) groups is 2. The average molecular weight is 271 g/mol. The predicted molar refractivity (Wildman–Crippen MR) is 68.8 cm³/mol. The number of nitrogens with one attached hydrogen (secondary N) is 1. The van der Waals surface area contributed by atoms with Crippen molar-refractivity contribution in [2.24, 2.45) is 0 Å². The fraction of sp³-hybridized carbons (Fsp3) is 0.500. The van der Waals surface area contributed by atoms with Gasteiger partial charge in [-0.05, 0) is 32.2 Å². The van der Waals surface area contributed by atoms with Crippen molar-refractivity contribution in [2.45, 2.75) is 38.8 Å². The molecule has 1 heterocycles. The second-order valence-electron chi connectivity index (χ2n) is 4.82. The summed E-state index contributed by atoms with van der Waals surface area (Å²) in [4.78, 5) is 23.5. The number of hydrogen-bond acceptors (Lipinski definition) is 4. The fourth-order valence-electron chi connectivity index (χ4n) is 1.28. The molecule has 1 atom stereocenters. The quantitative estimate of drug-likeness (QED) is 0.880. The molecule has 6 heteroatoms. The molecule has 5 nitrogen and oxygen atoms in total. The van der Waals surface area contributed by atoms with Crippen molar-refractivity contribution in [3.8, 4) is 0 Å². The van der Waals surface area contributed by atoms with Gasteiger partial charge in [0.2, 0.25) is 0 Å². The largest absolute Gasteiger partial charge is 0.480 e. The Bertz CT molecular complexity index is 408. The van der Waals surface area contributed by atoms with Crippen LogP contribution in [-0.4, -0.2) is 28.8 Å². The van der Waals surface area contributed by atoms with Gasteiger partial charge in [-0.2, -0.15) is 0 Å². The second-order valence-corrected chi connectivity index (χ2v) is 5.85. The normalized spacial score (nSPS) is 12.8. The Kier molecular flexibility index (Phi) is 4.72. The number of thiophene rings is 1. The first-order chi connectivity index (χ1) is 8.28. The zero-order valence-electron chi connectivity index (χ0n) is 10.6. The summed E-state index contributed by atoms with van der Waals surface area (Å²) in [5.41, 5.74) is -0.643. The number of carboxylic acid groups (broad SMARTS) is 1. The van der Waals surface area contributed by atoms with E-state index in [1.807, 2.05) is 17.5 Å². The van der Waals surface area contributed by atoms with Crippen LogP contribution in [0, 0.1) is 0 Å². The molecule has 0 saturated carbocycles. The highest BCUT2D eigenvalue weighted by Crippen LogP contribution is 2.12. The first kappa shape index (κ1) is 14.5. The summed E-state index contributed by atoms with van der Waals surface area (Å²) >= 11 is 1.45. The molecule has 0 bridgehead atoms. The van der Waals surface area contributed by atoms with Crippen LogP contribution in [0.4, 0.5) is 4.79 Å². The van der Waals surface area contributed by atoms with Gasteiger partial charge in [0.1, 0.15) is 11.6 Å². The van der Waals surface area contributed by atoms with Crippen molar-refractivity contribution >= 4 is 23.4 Å². The molecular weight excluding hydrogens is 254 g/mol. The van der Waals surface area contributed by atoms with E-state index in [9.17, 15) is 9.59 Å². The summed E-state index contributed by atoms with van der Waals surface area (Å²) in [5, 5.41) is 13.3. The molecule has 0 saturated heterocycles. The molecule has 100 valence electrons. The van der Waals surface area contributed by atoms with Crippen LogP contribution in [0.15, 0.2) is 17.5 Å². The van der Waals surface area contributed by atoms with Crippen LogP contribution in [0.3, 0.4) is 0 Å². The molecule has 0 aliphatic rings. The highest BCUT2D eigenvalue weighted by molar-refractivity contribution is 7.09. The summed E-state index contributed by atoms with van der Waals surface area (Å²) in [7, 11) is 0. The highest BCUT2D eigenvalue weighted by atomic mass is 32.1. The van der Waals surface area contributed by atoms with Crippen molar-refractivity contribution < 1.29 is 19.4 Å². The van der Waals surface area contributed by atoms with Gasteiger partial charge >= 0.3 is 12.1 Å². The van der Waals surface area contributed by atoms with Gasteiger partial charge in [-0.15, -0.1) is 11.3 Å². The first-order valence-corrected chi connectivity index (χ1v) is 6.40. The molecule has 0 aromatic carbocycles. The lowest BCUT2D eigenvalue weighted by molar-refractivity contribution is -0.139. The van der Waals surface area contributed by atoms with Gasteiger partial charge < -0.3 is 15.2 Å². The molecule has 1 aromatic heterocycles. The summed E-state index contributed by atoms with van der Waals surface area (Å²) in [6, 6.07) is 2.70. The van der Waals surface area contributed by atoms with Gasteiger partial charge in [-0.3, -0.25) is 0 Å². The molecule has 18 heavy (non-hydrogen) atoms. The zero-order chi connectivity index (χ0) is 13.8. The topological polar surface area (TPSA) is 75.6 Å². The molecule has 1 rings (SSSR count). The van der Waals surface area contributed by atoms with Crippen LogP contribution >= 0.6 is 11.3 Å².